The summed E-state index contributed by atoms with van der Waals surface area (Å²) in [5, 5.41) is 16.2. The van der Waals surface area contributed by atoms with Crippen molar-refractivity contribution in [3.63, 3.8) is 0 Å². The minimum Gasteiger partial charge on any atom is -0.329 e. The molecule has 3 aromatic rings. The number of nitro groups is 1. The van der Waals surface area contributed by atoms with Gasteiger partial charge >= 0.3 is 0 Å². The number of amides is 1. The number of carbonyl (C=O) groups excluding carboxylic acids is 1. The van der Waals surface area contributed by atoms with E-state index in [1.165, 1.54) is 11.8 Å². The zero-order valence-corrected chi connectivity index (χ0v) is 15.8. The number of fused-ring (bicyclic) bond motifs is 3. The monoisotopic (exact) mass is 391 g/mol. The normalized spacial score (nSPS) is 31.1. The molecule has 1 aromatic heterocycles. The van der Waals surface area contributed by atoms with Crippen molar-refractivity contribution in [3.05, 3.63) is 88.1 Å². The van der Waals surface area contributed by atoms with Crippen molar-refractivity contribution in [1.82, 2.24) is 10.3 Å². The molecular weight excluding hydrogens is 374 g/mol. The molecule has 1 N–H and O–H groups in total. The molecule has 5 rings (SSSR count). The Bertz CT molecular complexity index is 1120. The van der Waals surface area contributed by atoms with Crippen LogP contribution in [0.1, 0.15) is 24.1 Å². The van der Waals surface area contributed by atoms with Crippen molar-refractivity contribution in [3.8, 4) is 0 Å². The molecule has 2 saturated heterocycles. The zero-order valence-electron chi connectivity index (χ0n) is 15.0. The van der Waals surface area contributed by atoms with E-state index in [9.17, 15) is 14.9 Å². The van der Waals surface area contributed by atoms with Gasteiger partial charge in [0.25, 0.3) is 6.04 Å². The number of carbonyl (C=O) groups is 1. The molecule has 2 aliphatic heterocycles. The number of rotatable bonds is 3. The Balaban J connectivity index is 1.73. The summed E-state index contributed by atoms with van der Waals surface area (Å²) in [6, 6.07) is 19.6. The summed E-state index contributed by atoms with van der Waals surface area (Å²) in [7, 11) is 0. The van der Waals surface area contributed by atoms with Crippen LogP contribution in [-0.4, -0.2) is 26.6 Å². The number of hydrogen-bond acceptors (Lipinski definition) is 5. The number of para-hydroxylation sites is 1. The first-order valence-corrected chi connectivity index (χ1v) is 9.85. The average molecular weight is 391 g/mol. The number of benzene rings is 2. The van der Waals surface area contributed by atoms with E-state index in [1.54, 1.807) is 13.0 Å². The van der Waals surface area contributed by atoms with Gasteiger partial charge in [-0.05, 0) is 24.6 Å². The van der Waals surface area contributed by atoms with Crippen molar-refractivity contribution in [1.29, 1.82) is 0 Å². The lowest BCUT2D eigenvalue weighted by atomic mass is 9.74. The fourth-order valence-corrected chi connectivity index (χ4v) is 6.46. The summed E-state index contributed by atoms with van der Waals surface area (Å²) in [5.74, 6) is -0.727. The Hall–Kier alpha value is -2.93. The lowest BCUT2D eigenvalue weighted by molar-refractivity contribution is -0.535. The Morgan fingerprint density at radius 1 is 1.07 bits per heavy atom. The maximum atomic E-state index is 13.0. The Kier molecular flexibility index (Phi) is 3.55. The number of hydrogen-bond donors (Lipinski definition) is 1. The lowest BCUT2D eigenvalue weighted by Crippen LogP contribution is -2.59. The topological polar surface area (TPSA) is 85.1 Å². The van der Waals surface area contributed by atoms with E-state index < -0.39 is 21.6 Å². The van der Waals surface area contributed by atoms with Crippen molar-refractivity contribution in [2.75, 3.05) is 0 Å². The van der Waals surface area contributed by atoms with Crippen molar-refractivity contribution in [2.24, 2.45) is 0 Å². The van der Waals surface area contributed by atoms with Crippen LogP contribution < -0.4 is 5.32 Å². The first-order chi connectivity index (χ1) is 13.5. The second kappa shape index (κ2) is 5.78. The molecule has 4 atom stereocenters. The van der Waals surface area contributed by atoms with Gasteiger partial charge in [-0.15, -0.1) is 11.8 Å². The standard InChI is InChI=1S/C21H17N3O3S/c1-20-17(14-8-3-2-4-9-14)18(24(26)27)21(28-20,23-19(20)25)16-12-11-13-7-5-6-10-15(13)22-16/h2-12,17-18H,1H3,(H,23,25)/t17-,18-,20-,21+/m0/s1. The highest BCUT2D eigenvalue weighted by Gasteiger charge is 2.76. The summed E-state index contributed by atoms with van der Waals surface area (Å²) in [5.41, 5.74) is 2.08. The fourth-order valence-electron chi connectivity index (χ4n) is 4.55. The van der Waals surface area contributed by atoms with Gasteiger partial charge in [-0.3, -0.25) is 14.9 Å². The molecule has 0 unspecified atom stereocenters. The molecular formula is C21H17N3O3S. The second-order valence-corrected chi connectivity index (χ2v) is 9.10. The maximum Gasteiger partial charge on any atom is 0.259 e. The van der Waals surface area contributed by atoms with Crippen molar-refractivity contribution >= 4 is 28.6 Å². The molecule has 6 nitrogen and oxygen atoms in total. The molecule has 0 radical (unpaired) electrons. The highest BCUT2D eigenvalue weighted by atomic mass is 32.2. The molecule has 2 bridgehead atoms. The van der Waals surface area contributed by atoms with Gasteiger partial charge in [0.05, 0.1) is 17.1 Å². The second-order valence-electron chi connectivity index (χ2n) is 7.41. The van der Waals surface area contributed by atoms with E-state index in [0.29, 0.717) is 5.69 Å². The number of aromatic nitrogens is 1. The van der Waals surface area contributed by atoms with Gasteiger partial charge in [-0.1, -0.05) is 54.6 Å². The number of nitrogens with one attached hydrogen (secondary N) is 1. The van der Waals surface area contributed by atoms with Crippen LogP contribution in [0.15, 0.2) is 66.7 Å². The molecule has 1 amide bonds. The van der Waals surface area contributed by atoms with Gasteiger partial charge in [-0.2, -0.15) is 0 Å². The zero-order chi connectivity index (χ0) is 19.5. The fraction of sp³-hybridized carbons (Fsp3) is 0.238. The van der Waals surface area contributed by atoms with Crippen LogP contribution in [0.25, 0.3) is 10.9 Å². The third kappa shape index (κ3) is 2.16. The van der Waals surface area contributed by atoms with Gasteiger partial charge in [0.15, 0.2) is 4.87 Å². The van der Waals surface area contributed by atoms with Crippen LogP contribution in [0.2, 0.25) is 0 Å². The Morgan fingerprint density at radius 3 is 2.54 bits per heavy atom. The molecule has 0 saturated carbocycles. The molecule has 140 valence electrons. The van der Waals surface area contributed by atoms with E-state index >= 15 is 0 Å². The Morgan fingerprint density at radius 2 is 1.79 bits per heavy atom. The van der Waals surface area contributed by atoms with Gasteiger partial charge < -0.3 is 5.32 Å². The average Bonchev–Trinajstić information content (AvgIpc) is 3.14. The molecule has 7 heteroatoms. The first kappa shape index (κ1) is 17.2. The first-order valence-electron chi connectivity index (χ1n) is 9.03. The quantitative estimate of drug-likeness (QED) is 0.546. The third-order valence-corrected chi connectivity index (χ3v) is 7.55. The van der Waals surface area contributed by atoms with E-state index in [1.807, 2.05) is 60.7 Å². The van der Waals surface area contributed by atoms with Crippen LogP contribution in [0.4, 0.5) is 0 Å². The molecule has 28 heavy (non-hydrogen) atoms. The number of nitrogens with zero attached hydrogens (tertiary/aromatic N) is 2. The number of pyridine rings is 1. The summed E-state index contributed by atoms with van der Waals surface area (Å²) < 4.78 is -0.938. The summed E-state index contributed by atoms with van der Waals surface area (Å²) in [4.78, 5) is 28.5. The molecule has 2 aromatic carbocycles. The maximum absolute atomic E-state index is 13.0. The van der Waals surface area contributed by atoms with Crippen LogP contribution >= 0.6 is 11.8 Å². The van der Waals surface area contributed by atoms with Crippen molar-refractivity contribution < 1.29 is 9.72 Å². The lowest BCUT2D eigenvalue weighted by Gasteiger charge is -2.34. The highest BCUT2D eigenvalue weighted by Crippen LogP contribution is 2.65. The summed E-state index contributed by atoms with van der Waals surface area (Å²) >= 11 is 1.33. The molecule has 2 aliphatic rings. The molecule has 0 aliphatic carbocycles. The Labute approximate surface area is 165 Å². The van der Waals surface area contributed by atoms with Crippen molar-refractivity contribution in [2.45, 2.75) is 28.5 Å². The van der Waals surface area contributed by atoms with Crippen LogP contribution in [-0.2, 0) is 9.67 Å². The van der Waals surface area contributed by atoms with Gasteiger partial charge in [-0.25, -0.2) is 4.98 Å². The number of thioether (sulfide) groups is 1. The predicted octanol–water partition coefficient (Wildman–Crippen LogP) is 3.45. The minimum atomic E-state index is -1.19. The van der Waals surface area contributed by atoms with E-state index in [0.717, 1.165) is 16.5 Å². The predicted molar refractivity (Wildman–Crippen MR) is 108 cm³/mol. The van der Waals surface area contributed by atoms with Gasteiger partial charge in [0, 0.05) is 10.3 Å². The third-order valence-electron chi connectivity index (χ3n) is 5.81. The minimum absolute atomic E-state index is 0.181. The number of piperidine rings is 1. The van der Waals surface area contributed by atoms with Crippen LogP contribution in [0.3, 0.4) is 0 Å². The van der Waals surface area contributed by atoms with Gasteiger partial charge in [0.2, 0.25) is 5.91 Å². The molecule has 0 spiro atoms. The summed E-state index contributed by atoms with van der Waals surface area (Å²) in [6.45, 7) is 1.80. The van der Waals surface area contributed by atoms with Crippen LogP contribution in [0.5, 0.6) is 0 Å². The summed E-state index contributed by atoms with van der Waals surface area (Å²) in [6.07, 6.45) is 0. The smallest absolute Gasteiger partial charge is 0.259 e. The highest BCUT2D eigenvalue weighted by molar-refractivity contribution is 8.03. The van der Waals surface area contributed by atoms with E-state index in [2.05, 4.69) is 5.32 Å². The molecule has 2 fully saturated rings. The molecule has 3 heterocycles. The van der Waals surface area contributed by atoms with E-state index in [-0.39, 0.29) is 10.8 Å². The van der Waals surface area contributed by atoms with Gasteiger partial charge in [0.1, 0.15) is 4.75 Å². The van der Waals surface area contributed by atoms with Crippen LogP contribution in [0, 0.1) is 10.1 Å². The SMILES string of the molecule is C[C@@]12S[C@@](c3ccc4ccccc4n3)(NC1=O)[C@@H]([N+](=O)[O-])[C@@H]2c1ccccc1. The van der Waals surface area contributed by atoms with E-state index in [4.69, 9.17) is 4.98 Å². The largest absolute Gasteiger partial charge is 0.329 e.